The van der Waals surface area contributed by atoms with Gasteiger partial charge in [-0.25, -0.2) is 0 Å². The van der Waals surface area contributed by atoms with Crippen molar-refractivity contribution in [3.05, 3.63) is 42.6 Å². The van der Waals surface area contributed by atoms with Crippen molar-refractivity contribution in [1.29, 1.82) is 0 Å². The van der Waals surface area contributed by atoms with Crippen LogP contribution in [0.25, 0.3) is 0 Å². The molecule has 0 aliphatic carbocycles. The fourth-order valence-electron chi connectivity index (χ4n) is 1.61. The van der Waals surface area contributed by atoms with E-state index >= 15 is 0 Å². The topological polar surface area (TPSA) is 22.3 Å². The maximum atomic E-state index is 5.75. The highest BCUT2D eigenvalue weighted by atomic mass is 16.6. The molecule has 3 rings (SSSR count). The summed E-state index contributed by atoms with van der Waals surface area (Å²) in [7, 11) is 1.93. The van der Waals surface area contributed by atoms with Gasteiger partial charge in [0.2, 0.25) is 5.75 Å². The van der Waals surface area contributed by atoms with Gasteiger partial charge in [-0.05, 0) is 18.2 Å². The number of benzene rings is 1. The summed E-state index contributed by atoms with van der Waals surface area (Å²) in [6.07, 6.45) is 1.93. The van der Waals surface area contributed by atoms with Crippen LogP contribution in [0.3, 0.4) is 0 Å². The monoisotopic (exact) mass is 200 g/mol. The molecule has 0 bridgehead atoms. The summed E-state index contributed by atoms with van der Waals surface area (Å²) in [5, 5.41) is 0. The first kappa shape index (κ1) is 8.29. The van der Waals surface area contributed by atoms with E-state index in [9.17, 15) is 0 Å². The highest BCUT2D eigenvalue weighted by Gasteiger charge is 2.25. The van der Waals surface area contributed by atoms with E-state index in [1.54, 1.807) is 0 Å². The third-order valence-electron chi connectivity index (χ3n) is 2.36. The maximum absolute atomic E-state index is 5.75. The van der Waals surface area contributed by atoms with Crippen molar-refractivity contribution >= 4 is 0 Å². The number of rotatable bonds is 0. The molecule has 0 atom stereocenters. The number of nitrogens with zero attached hydrogens (tertiary/aromatic N) is 1. The Morgan fingerprint density at radius 2 is 1.53 bits per heavy atom. The van der Waals surface area contributed by atoms with Crippen LogP contribution in [0.2, 0.25) is 0 Å². The van der Waals surface area contributed by atoms with Gasteiger partial charge in [0.15, 0.2) is 17.7 Å². The molecule has 0 radical (unpaired) electrons. The largest absolute Gasteiger partial charge is 0.443 e. The Balaban J connectivity index is 2.15. The van der Waals surface area contributed by atoms with Crippen molar-refractivity contribution in [1.82, 2.24) is 0 Å². The summed E-state index contributed by atoms with van der Waals surface area (Å²) in [4.78, 5) is 0. The average molecular weight is 200 g/mol. The Labute approximate surface area is 87.5 Å². The van der Waals surface area contributed by atoms with Crippen molar-refractivity contribution in [3.8, 4) is 23.1 Å². The van der Waals surface area contributed by atoms with E-state index in [-0.39, 0.29) is 0 Å². The first-order valence-corrected chi connectivity index (χ1v) is 4.78. The SMILES string of the molecule is C[n+]1cccc2c1Oc1ccccc1O2. The molecule has 0 amide bonds. The lowest BCUT2D eigenvalue weighted by Gasteiger charge is -2.16. The number of ether oxygens (including phenoxy) is 2. The van der Waals surface area contributed by atoms with E-state index < -0.39 is 0 Å². The van der Waals surface area contributed by atoms with Crippen LogP contribution in [0.5, 0.6) is 23.1 Å². The molecular formula is C12H10NO2+. The molecule has 0 saturated carbocycles. The number of hydrogen-bond acceptors (Lipinski definition) is 2. The molecule has 0 fully saturated rings. The lowest BCUT2D eigenvalue weighted by molar-refractivity contribution is -0.676. The van der Waals surface area contributed by atoms with Crippen molar-refractivity contribution in [2.75, 3.05) is 0 Å². The molecule has 1 aromatic heterocycles. The fourth-order valence-corrected chi connectivity index (χ4v) is 1.61. The summed E-state index contributed by atoms with van der Waals surface area (Å²) < 4.78 is 13.4. The second-order valence-corrected chi connectivity index (χ2v) is 3.44. The van der Waals surface area contributed by atoms with Gasteiger partial charge in [0.1, 0.15) is 7.05 Å². The summed E-state index contributed by atoms with van der Waals surface area (Å²) in [5.74, 6) is 3.00. The normalized spacial score (nSPS) is 12.1. The van der Waals surface area contributed by atoms with Gasteiger partial charge in [-0.15, -0.1) is 0 Å². The van der Waals surface area contributed by atoms with E-state index in [1.807, 2.05) is 54.2 Å². The van der Waals surface area contributed by atoms with E-state index in [2.05, 4.69) is 0 Å². The molecule has 0 saturated heterocycles. The lowest BCUT2D eigenvalue weighted by atomic mass is 10.3. The van der Waals surface area contributed by atoms with Gasteiger partial charge in [0, 0.05) is 6.07 Å². The quantitative estimate of drug-likeness (QED) is 0.520. The minimum atomic E-state index is 0.733. The maximum Gasteiger partial charge on any atom is 0.417 e. The Morgan fingerprint density at radius 3 is 2.33 bits per heavy atom. The summed E-state index contributed by atoms with van der Waals surface area (Å²) in [6.45, 7) is 0. The third kappa shape index (κ3) is 1.24. The van der Waals surface area contributed by atoms with Crippen molar-refractivity contribution in [3.63, 3.8) is 0 Å². The molecule has 2 heterocycles. The molecule has 1 aliphatic rings. The predicted molar refractivity (Wildman–Crippen MR) is 54.2 cm³/mol. The average Bonchev–Trinajstić information content (AvgIpc) is 2.27. The first-order chi connectivity index (χ1) is 7.34. The van der Waals surface area contributed by atoms with E-state index in [1.165, 1.54) is 0 Å². The molecule has 0 spiro atoms. The van der Waals surface area contributed by atoms with Crippen LogP contribution < -0.4 is 14.0 Å². The Kier molecular flexibility index (Phi) is 1.65. The summed E-state index contributed by atoms with van der Waals surface area (Å²) in [5.41, 5.74) is 0. The number of fused-ring (bicyclic) bond motifs is 2. The molecule has 3 nitrogen and oxygen atoms in total. The molecule has 0 N–H and O–H groups in total. The zero-order valence-corrected chi connectivity index (χ0v) is 8.31. The van der Waals surface area contributed by atoms with E-state index in [0.29, 0.717) is 0 Å². The molecule has 74 valence electrons. The standard InChI is InChI=1S/C12H10NO2/c1-13-8-4-7-11-12(13)15-10-6-3-2-5-9(10)14-11/h2-8H,1H3/q+1. The van der Waals surface area contributed by atoms with Gasteiger partial charge in [0.25, 0.3) is 0 Å². The number of aromatic nitrogens is 1. The molecular weight excluding hydrogens is 190 g/mol. The number of aryl methyl sites for hydroxylation is 1. The van der Waals surface area contributed by atoms with Gasteiger partial charge in [0.05, 0.1) is 0 Å². The molecule has 15 heavy (non-hydrogen) atoms. The number of hydrogen-bond donors (Lipinski definition) is 0. The highest BCUT2D eigenvalue weighted by Crippen LogP contribution is 2.42. The predicted octanol–water partition coefficient (Wildman–Crippen LogP) is 2.41. The highest BCUT2D eigenvalue weighted by molar-refractivity contribution is 5.49. The van der Waals surface area contributed by atoms with Crippen molar-refractivity contribution in [2.24, 2.45) is 7.05 Å². The minimum Gasteiger partial charge on any atom is -0.443 e. The van der Waals surface area contributed by atoms with Crippen LogP contribution in [0.15, 0.2) is 42.6 Å². The fraction of sp³-hybridized carbons (Fsp3) is 0.0833. The molecule has 2 aromatic rings. The van der Waals surface area contributed by atoms with Crippen LogP contribution in [-0.4, -0.2) is 0 Å². The molecule has 1 aliphatic heterocycles. The smallest absolute Gasteiger partial charge is 0.417 e. The second kappa shape index (κ2) is 2.98. The zero-order chi connectivity index (χ0) is 10.3. The van der Waals surface area contributed by atoms with E-state index in [0.717, 1.165) is 23.1 Å². The molecule has 1 aromatic carbocycles. The Hall–Kier alpha value is -2.03. The Morgan fingerprint density at radius 1 is 0.867 bits per heavy atom. The van der Waals surface area contributed by atoms with Crippen LogP contribution >= 0.6 is 0 Å². The lowest BCUT2D eigenvalue weighted by Crippen LogP contribution is -2.30. The van der Waals surface area contributed by atoms with Crippen LogP contribution in [-0.2, 0) is 7.05 Å². The zero-order valence-electron chi connectivity index (χ0n) is 8.31. The molecule has 0 unspecified atom stereocenters. The third-order valence-corrected chi connectivity index (χ3v) is 2.36. The van der Waals surface area contributed by atoms with E-state index in [4.69, 9.17) is 9.47 Å². The van der Waals surface area contributed by atoms with Gasteiger partial charge in [-0.3, -0.25) is 0 Å². The van der Waals surface area contributed by atoms with Gasteiger partial charge >= 0.3 is 5.88 Å². The first-order valence-electron chi connectivity index (χ1n) is 4.78. The minimum absolute atomic E-state index is 0.733. The van der Waals surface area contributed by atoms with Gasteiger partial charge in [-0.1, -0.05) is 12.1 Å². The van der Waals surface area contributed by atoms with Crippen LogP contribution in [0.4, 0.5) is 0 Å². The van der Waals surface area contributed by atoms with Gasteiger partial charge in [-0.2, -0.15) is 4.57 Å². The number of pyridine rings is 1. The van der Waals surface area contributed by atoms with Crippen molar-refractivity contribution < 1.29 is 14.0 Å². The van der Waals surface area contributed by atoms with Crippen LogP contribution in [0, 0.1) is 0 Å². The Bertz CT molecular complexity index is 523. The summed E-state index contributed by atoms with van der Waals surface area (Å²) in [6, 6.07) is 11.5. The number of para-hydroxylation sites is 2. The molecule has 3 heteroatoms. The van der Waals surface area contributed by atoms with Gasteiger partial charge < -0.3 is 9.47 Å². The van der Waals surface area contributed by atoms with Crippen LogP contribution in [0.1, 0.15) is 0 Å². The summed E-state index contributed by atoms with van der Waals surface area (Å²) >= 11 is 0. The second-order valence-electron chi connectivity index (χ2n) is 3.44. The van der Waals surface area contributed by atoms with Crippen molar-refractivity contribution in [2.45, 2.75) is 0 Å².